The molecule has 0 aliphatic heterocycles. The Morgan fingerprint density at radius 2 is 1.93 bits per heavy atom. The molecular formula is C20H17ClN6O2S. The molecule has 0 bridgehead atoms. The minimum Gasteiger partial charge on any atom is -0.383 e. The second-order valence-electron chi connectivity index (χ2n) is 6.24. The second-order valence-corrected chi connectivity index (χ2v) is 7.45. The first kappa shape index (κ1) is 20.0. The first-order valence-corrected chi connectivity index (χ1v) is 10.5. The number of nitrogens with two attached hydrogens (primary N) is 1. The molecule has 0 aliphatic rings. The molecule has 152 valence electrons. The van der Waals surface area contributed by atoms with E-state index in [0.29, 0.717) is 27.1 Å². The molecular weight excluding hydrogens is 424 g/mol. The standard InChI is InChI=1S/C20H17ClN6O2S/c1-30-20-16(19-24-18(26-29-19)12-7-3-2-4-8-12)17(22)27(25-20)11-15(28)23-14-10-6-5-9-13(14)21/h2-10H,11,22H2,1H3,(H,23,28). The molecule has 0 aliphatic carbocycles. The highest BCUT2D eigenvalue weighted by atomic mass is 35.5. The molecule has 2 heterocycles. The largest absolute Gasteiger partial charge is 0.383 e. The molecule has 30 heavy (non-hydrogen) atoms. The zero-order valence-corrected chi connectivity index (χ0v) is 17.4. The number of nitrogen functional groups attached to an aromatic ring is 1. The molecule has 0 spiro atoms. The Labute approximate surface area is 181 Å². The van der Waals surface area contributed by atoms with E-state index in [4.69, 9.17) is 21.9 Å². The quantitative estimate of drug-likeness (QED) is 0.432. The third-order valence-electron chi connectivity index (χ3n) is 4.27. The van der Waals surface area contributed by atoms with Gasteiger partial charge < -0.3 is 15.6 Å². The number of halogens is 1. The predicted molar refractivity (Wildman–Crippen MR) is 117 cm³/mol. The fourth-order valence-electron chi connectivity index (χ4n) is 2.83. The van der Waals surface area contributed by atoms with Crippen molar-refractivity contribution in [2.45, 2.75) is 11.6 Å². The van der Waals surface area contributed by atoms with E-state index in [-0.39, 0.29) is 24.2 Å². The summed E-state index contributed by atoms with van der Waals surface area (Å²) in [5, 5.41) is 12.2. The Hall–Kier alpha value is -3.30. The van der Waals surface area contributed by atoms with Gasteiger partial charge in [0.2, 0.25) is 11.7 Å². The normalized spacial score (nSPS) is 10.9. The number of nitrogens with one attached hydrogen (secondary N) is 1. The summed E-state index contributed by atoms with van der Waals surface area (Å²) in [5.74, 6) is 0.638. The number of anilines is 2. The highest BCUT2D eigenvalue weighted by Crippen LogP contribution is 2.34. The molecule has 0 unspecified atom stereocenters. The molecule has 2 aromatic carbocycles. The van der Waals surface area contributed by atoms with Crippen LogP contribution in [0.3, 0.4) is 0 Å². The molecule has 3 N–H and O–H groups in total. The molecule has 0 radical (unpaired) electrons. The van der Waals surface area contributed by atoms with Gasteiger partial charge in [0.05, 0.1) is 10.7 Å². The van der Waals surface area contributed by atoms with Crippen molar-refractivity contribution in [3.63, 3.8) is 0 Å². The zero-order chi connectivity index (χ0) is 21.1. The van der Waals surface area contributed by atoms with Crippen LogP contribution in [0, 0.1) is 0 Å². The lowest BCUT2D eigenvalue weighted by atomic mass is 10.2. The van der Waals surface area contributed by atoms with Gasteiger partial charge in [0.25, 0.3) is 5.89 Å². The highest BCUT2D eigenvalue weighted by molar-refractivity contribution is 7.98. The van der Waals surface area contributed by atoms with Crippen LogP contribution in [0.25, 0.3) is 22.8 Å². The van der Waals surface area contributed by atoms with Gasteiger partial charge in [0, 0.05) is 5.56 Å². The number of carbonyl (C=O) groups excluding carboxylic acids is 1. The lowest BCUT2D eigenvalue weighted by molar-refractivity contribution is -0.116. The topological polar surface area (TPSA) is 112 Å². The number of nitrogens with zero attached hydrogens (tertiary/aromatic N) is 4. The van der Waals surface area contributed by atoms with Crippen molar-refractivity contribution in [3.8, 4) is 22.8 Å². The summed E-state index contributed by atoms with van der Waals surface area (Å²) in [6, 6.07) is 16.4. The van der Waals surface area contributed by atoms with E-state index in [1.54, 1.807) is 24.3 Å². The van der Waals surface area contributed by atoms with Crippen LogP contribution in [-0.4, -0.2) is 32.1 Å². The molecule has 0 saturated carbocycles. The highest BCUT2D eigenvalue weighted by Gasteiger charge is 2.23. The Kier molecular flexibility index (Phi) is 5.73. The number of amides is 1. The van der Waals surface area contributed by atoms with E-state index in [1.165, 1.54) is 16.4 Å². The van der Waals surface area contributed by atoms with Crippen LogP contribution in [0.1, 0.15) is 0 Å². The van der Waals surface area contributed by atoms with Crippen molar-refractivity contribution in [1.82, 2.24) is 19.9 Å². The maximum absolute atomic E-state index is 12.5. The van der Waals surface area contributed by atoms with E-state index < -0.39 is 0 Å². The maximum atomic E-state index is 12.5. The van der Waals surface area contributed by atoms with Crippen molar-refractivity contribution in [2.24, 2.45) is 0 Å². The van der Waals surface area contributed by atoms with Crippen LogP contribution in [0.4, 0.5) is 11.5 Å². The van der Waals surface area contributed by atoms with Gasteiger partial charge in [-0.2, -0.15) is 10.1 Å². The number of aromatic nitrogens is 4. The zero-order valence-electron chi connectivity index (χ0n) is 15.9. The summed E-state index contributed by atoms with van der Waals surface area (Å²) >= 11 is 7.47. The summed E-state index contributed by atoms with van der Waals surface area (Å²) in [4.78, 5) is 16.9. The third-order valence-corrected chi connectivity index (χ3v) is 5.27. The predicted octanol–water partition coefficient (Wildman–Crippen LogP) is 4.20. The molecule has 1 amide bonds. The number of para-hydroxylation sites is 1. The van der Waals surface area contributed by atoms with Gasteiger partial charge in [-0.05, 0) is 18.4 Å². The van der Waals surface area contributed by atoms with Crippen LogP contribution in [0.2, 0.25) is 5.02 Å². The van der Waals surface area contributed by atoms with E-state index in [9.17, 15) is 4.79 Å². The summed E-state index contributed by atoms with van der Waals surface area (Å²) in [6.45, 7) is -0.0930. The summed E-state index contributed by atoms with van der Waals surface area (Å²) in [7, 11) is 0. The number of thioether (sulfide) groups is 1. The number of carbonyl (C=O) groups is 1. The van der Waals surface area contributed by atoms with Crippen LogP contribution in [-0.2, 0) is 11.3 Å². The van der Waals surface area contributed by atoms with Crippen molar-refractivity contribution in [1.29, 1.82) is 0 Å². The molecule has 0 saturated heterocycles. The number of rotatable bonds is 6. The first-order valence-electron chi connectivity index (χ1n) is 8.91. The van der Waals surface area contributed by atoms with Gasteiger partial charge >= 0.3 is 0 Å². The number of hydrogen-bond donors (Lipinski definition) is 2. The van der Waals surface area contributed by atoms with Crippen molar-refractivity contribution in [3.05, 3.63) is 59.6 Å². The first-order chi connectivity index (χ1) is 14.6. The minimum atomic E-state index is -0.313. The molecule has 0 fully saturated rings. The second kappa shape index (κ2) is 8.60. The summed E-state index contributed by atoms with van der Waals surface area (Å²) < 4.78 is 6.83. The van der Waals surface area contributed by atoms with Gasteiger partial charge in [-0.15, -0.1) is 11.8 Å². The van der Waals surface area contributed by atoms with Crippen LogP contribution in [0.5, 0.6) is 0 Å². The van der Waals surface area contributed by atoms with Crippen molar-refractivity contribution in [2.75, 3.05) is 17.3 Å². The third kappa shape index (κ3) is 4.03. The van der Waals surface area contributed by atoms with Gasteiger partial charge in [-0.3, -0.25) is 4.79 Å². The van der Waals surface area contributed by atoms with E-state index in [1.807, 2.05) is 36.6 Å². The molecule has 10 heteroatoms. The van der Waals surface area contributed by atoms with Crippen LogP contribution >= 0.6 is 23.4 Å². The molecule has 2 aromatic heterocycles. The van der Waals surface area contributed by atoms with E-state index >= 15 is 0 Å². The van der Waals surface area contributed by atoms with Crippen LogP contribution in [0.15, 0.2) is 64.1 Å². The average Bonchev–Trinajstić information content (AvgIpc) is 3.35. The lowest BCUT2D eigenvalue weighted by Gasteiger charge is -2.08. The molecule has 8 nitrogen and oxygen atoms in total. The molecule has 0 atom stereocenters. The lowest BCUT2D eigenvalue weighted by Crippen LogP contribution is -2.20. The van der Waals surface area contributed by atoms with Crippen molar-refractivity contribution < 1.29 is 9.32 Å². The molecule has 4 aromatic rings. The number of benzene rings is 2. The minimum absolute atomic E-state index is 0.0930. The summed E-state index contributed by atoms with van der Waals surface area (Å²) in [5.41, 5.74) is 8.13. The number of hydrogen-bond acceptors (Lipinski definition) is 7. The van der Waals surface area contributed by atoms with Gasteiger partial charge in [-0.25, -0.2) is 4.68 Å². The Morgan fingerprint density at radius 1 is 1.20 bits per heavy atom. The van der Waals surface area contributed by atoms with Crippen LogP contribution < -0.4 is 11.1 Å². The fraction of sp³-hybridized carbons (Fsp3) is 0.100. The van der Waals surface area contributed by atoms with E-state index in [0.717, 1.165) is 5.56 Å². The average molecular weight is 441 g/mol. The van der Waals surface area contributed by atoms with Gasteiger partial charge in [0.15, 0.2) is 0 Å². The van der Waals surface area contributed by atoms with E-state index in [2.05, 4.69) is 20.6 Å². The monoisotopic (exact) mass is 440 g/mol. The summed E-state index contributed by atoms with van der Waals surface area (Å²) in [6.07, 6.45) is 1.86. The fourth-order valence-corrected chi connectivity index (χ4v) is 3.59. The van der Waals surface area contributed by atoms with Gasteiger partial charge in [-0.1, -0.05) is 59.2 Å². The SMILES string of the molecule is CSc1nn(CC(=O)Nc2ccccc2Cl)c(N)c1-c1nc(-c2ccccc2)no1. The molecule has 4 rings (SSSR count). The Morgan fingerprint density at radius 3 is 2.67 bits per heavy atom. The Balaban J connectivity index is 1.60. The maximum Gasteiger partial charge on any atom is 0.264 e. The van der Waals surface area contributed by atoms with Gasteiger partial charge in [0.1, 0.15) is 23.0 Å². The smallest absolute Gasteiger partial charge is 0.264 e. The van der Waals surface area contributed by atoms with Crippen molar-refractivity contribution >= 4 is 40.8 Å². The Bertz CT molecular complexity index is 1190.